The van der Waals surface area contributed by atoms with Crippen LogP contribution in [0.4, 0.5) is 18.9 Å². The number of hydrogen-bond donors (Lipinski definition) is 4. The molecule has 0 aliphatic carbocycles. The lowest BCUT2D eigenvalue weighted by atomic mass is 10.0. The summed E-state index contributed by atoms with van der Waals surface area (Å²) in [4.78, 5) is 23.7. The second-order valence-electron chi connectivity index (χ2n) is 7.05. The minimum atomic E-state index is -4.63. The summed E-state index contributed by atoms with van der Waals surface area (Å²) < 4.78 is 39.3. The Hall–Kier alpha value is -3.14. The number of nitrogens with zero attached hydrogens (tertiary/aromatic N) is 2. The van der Waals surface area contributed by atoms with E-state index < -0.39 is 17.6 Å². The van der Waals surface area contributed by atoms with E-state index in [2.05, 4.69) is 20.3 Å². The van der Waals surface area contributed by atoms with Gasteiger partial charge in [-0.3, -0.25) is 10.2 Å². The highest BCUT2D eigenvalue weighted by Crippen LogP contribution is 2.30. The van der Waals surface area contributed by atoms with Crippen LogP contribution in [-0.2, 0) is 0 Å². The zero-order valence-electron chi connectivity index (χ0n) is 16.2. The maximum atomic E-state index is 13.1. The van der Waals surface area contributed by atoms with Gasteiger partial charge in [-0.1, -0.05) is 11.6 Å². The van der Waals surface area contributed by atoms with Crippen LogP contribution in [0.2, 0.25) is 5.02 Å². The van der Waals surface area contributed by atoms with Crippen LogP contribution in [0.5, 0.6) is 0 Å². The fraction of sp³-hybridized carbons (Fsp3) is 0.263. The Morgan fingerprint density at radius 1 is 1.23 bits per heavy atom. The van der Waals surface area contributed by atoms with Gasteiger partial charge in [0.25, 0.3) is 5.91 Å². The summed E-state index contributed by atoms with van der Waals surface area (Å²) in [5.74, 6) is -0.955. The van der Waals surface area contributed by atoms with Crippen LogP contribution in [0.1, 0.15) is 35.5 Å². The fourth-order valence-corrected chi connectivity index (χ4v) is 2.86. The Morgan fingerprint density at radius 2 is 1.93 bits per heavy atom. The Morgan fingerprint density at radius 3 is 2.57 bits per heavy atom. The lowest BCUT2D eigenvalue weighted by Crippen LogP contribution is -2.54. The molecule has 0 atom stereocenters. The summed E-state index contributed by atoms with van der Waals surface area (Å²) in [6.45, 7) is 1.73. The van der Waals surface area contributed by atoms with Gasteiger partial charge in [0.15, 0.2) is 5.65 Å². The van der Waals surface area contributed by atoms with Crippen LogP contribution >= 0.6 is 11.6 Å². The molecule has 0 bridgehead atoms. The summed E-state index contributed by atoms with van der Waals surface area (Å²) in [6, 6.07) is 4.90. The van der Waals surface area contributed by atoms with Crippen molar-refractivity contribution in [2.24, 2.45) is 0 Å². The maximum Gasteiger partial charge on any atom is 0.410 e. The van der Waals surface area contributed by atoms with Crippen molar-refractivity contribution in [3.63, 3.8) is 0 Å². The average molecular weight is 439 g/mol. The van der Waals surface area contributed by atoms with Gasteiger partial charge in [0.1, 0.15) is 16.7 Å². The fourth-order valence-electron chi connectivity index (χ4n) is 2.69. The van der Waals surface area contributed by atoms with Gasteiger partial charge < -0.3 is 15.6 Å². The normalized spacial score (nSPS) is 12.1. The monoisotopic (exact) mass is 438 g/mol. The summed E-state index contributed by atoms with van der Waals surface area (Å²) >= 11 is 5.98. The minimum Gasteiger partial charge on any atom is -0.388 e. The number of anilines is 1. The highest BCUT2D eigenvalue weighted by atomic mass is 35.5. The molecular formula is C19H18ClF3N6O. The molecule has 3 rings (SSSR count). The van der Waals surface area contributed by atoms with E-state index in [1.165, 1.54) is 12.4 Å². The third-order valence-electron chi connectivity index (χ3n) is 4.54. The topological polar surface area (TPSA) is 107 Å². The summed E-state index contributed by atoms with van der Waals surface area (Å²) in [5.41, 5.74) is -1.02. The Balaban J connectivity index is 1.99. The molecule has 2 aromatic heterocycles. The van der Waals surface area contributed by atoms with Crippen molar-refractivity contribution < 1.29 is 18.0 Å². The van der Waals surface area contributed by atoms with E-state index in [1.54, 1.807) is 25.2 Å². The van der Waals surface area contributed by atoms with Gasteiger partial charge >= 0.3 is 6.18 Å². The molecule has 30 heavy (non-hydrogen) atoms. The van der Waals surface area contributed by atoms with E-state index in [1.807, 2.05) is 5.32 Å². The number of carbonyl (C=O) groups is 1. The molecular weight excluding hydrogens is 421 g/mol. The number of nitrogens with one attached hydrogen (secondary N) is 4. The Labute approximate surface area is 174 Å². The molecule has 0 spiro atoms. The van der Waals surface area contributed by atoms with Gasteiger partial charge in [-0.05, 0) is 32.0 Å². The van der Waals surface area contributed by atoms with Crippen LogP contribution < -0.4 is 10.6 Å². The molecule has 158 valence electrons. The first kappa shape index (κ1) is 21.6. The number of aromatic amines is 1. The minimum absolute atomic E-state index is 0.00796. The predicted octanol–water partition coefficient (Wildman–Crippen LogP) is 4.14. The molecule has 0 fully saturated rings. The highest BCUT2D eigenvalue weighted by Gasteiger charge is 2.48. The standard InChI is InChI=1S/C19H18ClF3N6O/c1-18(2,19(21,22)23)29-17(30)11-7-26-16-15(11)28-13(8-27-16)14(24)10-5-4-9(20)6-12(10)25-3/h4-8,24-25H,1-3H3,(H,26,27)(H,29,30). The first-order valence-electron chi connectivity index (χ1n) is 8.74. The van der Waals surface area contributed by atoms with Gasteiger partial charge in [-0.2, -0.15) is 13.2 Å². The zero-order chi connectivity index (χ0) is 22.3. The van der Waals surface area contributed by atoms with E-state index in [9.17, 15) is 18.0 Å². The number of rotatable bonds is 5. The Kier molecular flexibility index (Phi) is 5.46. The molecule has 0 saturated heterocycles. The second-order valence-corrected chi connectivity index (χ2v) is 7.48. The number of amides is 1. The molecule has 11 heteroatoms. The molecule has 0 radical (unpaired) electrons. The second kappa shape index (κ2) is 7.60. The number of carbonyl (C=O) groups excluding carboxylic acids is 1. The first-order valence-corrected chi connectivity index (χ1v) is 9.12. The zero-order valence-corrected chi connectivity index (χ0v) is 17.0. The van der Waals surface area contributed by atoms with E-state index in [4.69, 9.17) is 17.0 Å². The molecule has 3 aromatic rings. The molecule has 0 saturated carbocycles. The third kappa shape index (κ3) is 3.95. The van der Waals surface area contributed by atoms with E-state index >= 15 is 0 Å². The van der Waals surface area contributed by atoms with Crippen molar-refractivity contribution >= 4 is 40.1 Å². The van der Waals surface area contributed by atoms with E-state index in [-0.39, 0.29) is 28.1 Å². The molecule has 4 N–H and O–H groups in total. The maximum absolute atomic E-state index is 13.1. The largest absolute Gasteiger partial charge is 0.410 e. The Bertz CT molecular complexity index is 1140. The smallest absolute Gasteiger partial charge is 0.388 e. The van der Waals surface area contributed by atoms with Crippen molar-refractivity contribution in [2.45, 2.75) is 25.6 Å². The predicted molar refractivity (Wildman–Crippen MR) is 108 cm³/mol. The van der Waals surface area contributed by atoms with Crippen molar-refractivity contribution in [1.82, 2.24) is 20.3 Å². The molecule has 0 unspecified atom stereocenters. The number of fused-ring (bicyclic) bond motifs is 1. The highest BCUT2D eigenvalue weighted by molar-refractivity contribution is 6.31. The number of benzene rings is 1. The van der Waals surface area contributed by atoms with E-state index in [0.29, 0.717) is 16.3 Å². The summed E-state index contributed by atoms with van der Waals surface area (Å²) in [5, 5.41) is 13.9. The number of alkyl halides is 3. The molecule has 0 aliphatic heterocycles. The van der Waals surface area contributed by atoms with Crippen molar-refractivity contribution in [1.29, 1.82) is 5.41 Å². The van der Waals surface area contributed by atoms with Gasteiger partial charge in [0, 0.05) is 29.5 Å². The van der Waals surface area contributed by atoms with Crippen molar-refractivity contribution in [3.8, 4) is 0 Å². The van der Waals surface area contributed by atoms with Gasteiger partial charge in [0.05, 0.1) is 17.5 Å². The van der Waals surface area contributed by atoms with Crippen molar-refractivity contribution in [3.05, 3.63) is 52.4 Å². The first-order chi connectivity index (χ1) is 13.9. The molecule has 1 aromatic carbocycles. The summed E-state index contributed by atoms with van der Waals surface area (Å²) in [6.07, 6.45) is -2.05. The quantitative estimate of drug-likeness (QED) is 0.449. The van der Waals surface area contributed by atoms with Gasteiger partial charge in [-0.15, -0.1) is 0 Å². The molecule has 0 aliphatic rings. The number of H-pyrrole nitrogens is 1. The van der Waals surface area contributed by atoms with Crippen LogP contribution in [0.15, 0.2) is 30.6 Å². The molecule has 2 heterocycles. The van der Waals surface area contributed by atoms with E-state index in [0.717, 1.165) is 13.8 Å². The summed E-state index contributed by atoms with van der Waals surface area (Å²) in [7, 11) is 1.67. The third-order valence-corrected chi connectivity index (χ3v) is 4.77. The molecule has 1 amide bonds. The lowest BCUT2D eigenvalue weighted by Gasteiger charge is -2.28. The van der Waals surface area contributed by atoms with Crippen LogP contribution in [0.25, 0.3) is 11.2 Å². The number of halogens is 4. The van der Waals surface area contributed by atoms with Crippen LogP contribution in [-0.4, -0.2) is 45.3 Å². The SMILES string of the molecule is CNc1cc(Cl)ccc1C(=N)c1cnc2[nH]cc(C(=O)NC(C)(C)C(F)(F)F)c2n1. The lowest BCUT2D eigenvalue weighted by molar-refractivity contribution is -0.182. The van der Waals surface area contributed by atoms with Crippen LogP contribution in [0, 0.1) is 5.41 Å². The average Bonchev–Trinajstić information content (AvgIpc) is 3.09. The number of aromatic nitrogens is 3. The number of hydrogen-bond acceptors (Lipinski definition) is 5. The molecule has 7 nitrogen and oxygen atoms in total. The van der Waals surface area contributed by atoms with Crippen LogP contribution in [0.3, 0.4) is 0 Å². The van der Waals surface area contributed by atoms with Gasteiger partial charge in [0.2, 0.25) is 0 Å². The van der Waals surface area contributed by atoms with Crippen molar-refractivity contribution in [2.75, 3.05) is 12.4 Å². The van der Waals surface area contributed by atoms with Gasteiger partial charge in [-0.25, -0.2) is 9.97 Å².